The molecule has 0 saturated carbocycles. The molecule has 0 saturated heterocycles. The lowest BCUT2D eigenvalue weighted by molar-refractivity contribution is -0.191. The smallest absolute Gasteiger partial charge is 0.373 e. The topological polar surface area (TPSA) is 79.1 Å². The predicted octanol–water partition coefficient (Wildman–Crippen LogP) is 4.75. The summed E-state index contributed by atoms with van der Waals surface area (Å²) in [7, 11) is 0. The van der Waals surface area contributed by atoms with Crippen LogP contribution in [0.25, 0.3) is 0 Å². The van der Waals surface area contributed by atoms with Gasteiger partial charge in [-0.15, -0.1) is 0 Å². The van der Waals surface area contributed by atoms with Crippen molar-refractivity contribution in [3.63, 3.8) is 0 Å². The Hall–Kier alpha value is -1.82. The number of phenols is 1. The van der Waals surface area contributed by atoms with Gasteiger partial charge in [-0.2, -0.15) is 19.8 Å². The first-order chi connectivity index (χ1) is 9.58. The van der Waals surface area contributed by atoms with E-state index in [-0.39, 0.29) is 11.9 Å². The molecular weight excluding hydrogens is 392 g/mol. The molecule has 0 heterocycles. The summed E-state index contributed by atoms with van der Waals surface area (Å²) in [6.45, 7) is 0. The largest absolute Gasteiger partial charge is 0.506 e. The third kappa shape index (κ3) is 5.05. The van der Waals surface area contributed by atoms with E-state index in [0.29, 0.717) is 14.6 Å². The minimum Gasteiger partial charge on any atom is -0.506 e. The number of hydrogen-bond acceptors (Lipinski definition) is 5. The van der Waals surface area contributed by atoms with E-state index in [9.17, 15) is 5.11 Å². The van der Waals surface area contributed by atoms with Crippen LogP contribution in [0.4, 0.5) is 11.4 Å². The predicted molar refractivity (Wildman–Crippen MR) is 79.1 cm³/mol. The quantitative estimate of drug-likeness (QED) is 0.740. The van der Waals surface area contributed by atoms with E-state index >= 15 is 0 Å². The van der Waals surface area contributed by atoms with Crippen molar-refractivity contribution in [1.29, 1.82) is 0 Å². The molecule has 0 aliphatic heterocycles. The van der Waals surface area contributed by atoms with Crippen LogP contribution in [-0.4, -0.2) is 11.3 Å². The molecule has 0 aliphatic carbocycles. The van der Waals surface area contributed by atoms with Crippen molar-refractivity contribution in [3.05, 3.63) is 51.4 Å². The molecule has 0 fully saturated rings. The fourth-order valence-electron chi connectivity index (χ4n) is 1.22. The van der Waals surface area contributed by atoms with Crippen LogP contribution in [0.15, 0.2) is 61.6 Å². The van der Waals surface area contributed by atoms with Crippen LogP contribution in [0, 0.1) is 0 Å². The summed E-state index contributed by atoms with van der Waals surface area (Å²) in [4.78, 5) is 16.2. The van der Waals surface area contributed by atoms with Crippen molar-refractivity contribution in [2.45, 2.75) is 0 Å². The van der Waals surface area contributed by atoms with Crippen molar-refractivity contribution < 1.29 is 14.7 Å². The first-order valence-corrected chi connectivity index (χ1v) is 6.81. The Balaban J connectivity index is 0.000000612. The Kier molecular flexibility index (Phi) is 6.79. The molecule has 0 radical (unpaired) electrons. The van der Waals surface area contributed by atoms with Gasteiger partial charge in [0.05, 0.1) is 20.3 Å². The number of nitrogens with zero attached hydrogens (tertiary/aromatic N) is 2. The number of carbonyl (C=O) groups excluding carboxylic acids is 2. The van der Waals surface area contributed by atoms with Crippen molar-refractivity contribution in [2.24, 2.45) is 10.2 Å². The van der Waals surface area contributed by atoms with Crippen molar-refractivity contribution in [1.82, 2.24) is 0 Å². The molecule has 0 amide bonds. The molecule has 0 unspecified atom stereocenters. The minimum absolute atomic E-state index is 0.156. The van der Waals surface area contributed by atoms with E-state index in [4.69, 9.17) is 9.59 Å². The number of hydrogen-bond donors (Lipinski definition) is 1. The Morgan fingerprint density at radius 2 is 1.35 bits per heavy atom. The molecule has 102 valence electrons. The van der Waals surface area contributed by atoms with Gasteiger partial charge < -0.3 is 5.11 Å². The average molecular weight is 400 g/mol. The molecule has 2 aromatic carbocycles. The number of halogens is 2. The van der Waals surface area contributed by atoms with E-state index in [0.717, 1.165) is 5.69 Å². The SMILES string of the molecule is O=C=O.Oc1c(Br)cc(N=Nc2ccccc2)cc1Br. The highest BCUT2D eigenvalue weighted by atomic mass is 79.9. The van der Waals surface area contributed by atoms with Crippen LogP contribution in [0.2, 0.25) is 0 Å². The number of phenolic OH excluding ortho intramolecular Hbond substituents is 1. The zero-order chi connectivity index (χ0) is 15.0. The molecule has 1 N–H and O–H groups in total. The van der Waals surface area contributed by atoms with E-state index in [1.54, 1.807) is 12.1 Å². The molecule has 0 aliphatic rings. The maximum absolute atomic E-state index is 9.55. The van der Waals surface area contributed by atoms with Gasteiger partial charge in [-0.25, -0.2) is 0 Å². The van der Waals surface area contributed by atoms with Crippen molar-refractivity contribution in [3.8, 4) is 5.75 Å². The second-order valence-electron chi connectivity index (χ2n) is 3.38. The standard InChI is InChI=1S/C12H8Br2N2O.CO2/c13-10-6-9(7-11(14)12(10)17)16-15-8-4-2-1-3-5-8;2-1-3/h1-7,17H;. The van der Waals surface area contributed by atoms with Crippen LogP contribution in [0.1, 0.15) is 0 Å². The van der Waals surface area contributed by atoms with Crippen LogP contribution in [0.5, 0.6) is 5.75 Å². The van der Waals surface area contributed by atoms with Gasteiger partial charge in [-0.05, 0) is 56.1 Å². The van der Waals surface area contributed by atoms with E-state index in [1.165, 1.54) is 0 Å². The monoisotopic (exact) mass is 398 g/mol. The van der Waals surface area contributed by atoms with Gasteiger partial charge in [0.15, 0.2) is 0 Å². The fourth-order valence-corrected chi connectivity index (χ4v) is 2.38. The van der Waals surface area contributed by atoms with Gasteiger partial charge >= 0.3 is 6.15 Å². The molecule has 2 aromatic rings. The highest BCUT2D eigenvalue weighted by Crippen LogP contribution is 2.36. The normalized spacial score (nSPS) is 9.70. The number of rotatable bonds is 2. The Labute approximate surface area is 131 Å². The van der Waals surface area contributed by atoms with E-state index in [1.807, 2.05) is 30.3 Å². The first-order valence-electron chi connectivity index (χ1n) is 5.22. The summed E-state index contributed by atoms with van der Waals surface area (Å²) in [5.41, 5.74) is 1.44. The summed E-state index contributed by atoms with van der Waals surface area (Å²) in [6.07, 6.45) is 0.250. The molecule has 0 bridgehead atoms. The molecule has 0 spiro atoms. The second-order valence-corrected chi connectivity index (χ2v) is 5.09. The van der Waals surface area contributed by atoms with Crippen molar-refractivity contribution >= 4 is 49.4 Å². The summed E-state index contributed by atoms with van der Waals surface area (Å²) >= 11 is 6.48. The van der Waals surface area contributed by atoms with Crippen LogP contribution in [0.3, 0.4) is 0 Å². The average Bonchev–Trinajstić information content (AvgIpc) is 2.44. The van der Waals surface area contributed by atoms with E-state index in [2.05, 4.69) is 42.1 Å². The summed E-state index contributed by atoms with van der Waals surface area (Å²) in [5, 5.41) is 17.7. The van der Waals surface area contributed by atoms with Crippen LogP contribution in [-0.2, 0) is 9.59 Å². The zero-order valence-corrected chi connectivity index (χ0v) is 13.1. The Morgan fingerprint density at radius 1 is 0.900 bits per heavy atom. The fraction of sp³-hybridized carbons (Fsp3) is 0. The third-order valence-electron chi connectivity index (χ3n) is 2.04. The van der Waals surface area contributed by atoms with Gasteiger partial charge in [0.25, 0.3) is 0 Å². The van der Waals surface area contributed by atoms with Crippen LogP contribution >= 0.6 is 31.9 Å². The molecule has 2 rings (SSSR count). The lowest BCUT2D eigenvalue weighted by Crippen LogP contribution is -1.72. The van der Waals surface area contributed by atoms with Gasteiger partial charge in [-0.3, -0.25) is 0 Å². The summed E-state index contributed by atoms with van der Waals surface area (Å²) in [5.74, 6) is 0.156. The van der Waals surface area contributed by atoms with Crippen LogP contribution < -0.4 is 0 Å². The maximum Gasteiger partial charge on any atom is 0.373 e. The zero-order valence-electron chi connectivity index (χ0n) is 9.96. The van der Waals surface area contributed by atoms with Gasteiger partial charge in [0.2, 0.25) is 0 Å². The molecule has 20 heavy (non-hydrogen) atoms. The molecule has 5 nitrogen and oxygen atoms in total. The molecule has 7 heteroatoms. The highest BCUT2D eigenvalue weighted by molar-refractivity contribution is 9.11. The number of azo groups is 1. The Bertz CT molecular complexity index is 616. The van der Waals surface area contributed by atoms with Gasteiger partial charge in [0.1, 0.15) is 5.75 Å². The Morgan fingerprint density at radius 3 is 1.85 bits per heavy atom. The third-order valence-corrected chi connectivity index (χ3v) is 3.25. The second kappa shape index (κ2) is 8.37. The molecular formula is C13H8Br2N2O3. The number of benzene rings is 2. The minimum atomic E-state index is 0.156. The lowest BCUT2D eigenvalue weighted by atomic mass is 10.3. The lowest BCUT2D eigenvalue weighted by Gasteiger charge is -2.01. The maximum atomic E-state index is 9.55. The van der Waals surface area contributed by atoms with E-state index < -0.39 is 0 Å². The summed E-state index contributed by atoms with van der Waals surface area (Å²) < 4.78 is 1.16. The molecule has 0 aromatic heterocycles. The first kappa shape index (κ1) is 16.2. The van der Waals surface area contributed by atoms with Gasteiger partial charge in [0, 0.05) is 0 Å². The number of aromatic hydroxyl groups is 1. The molecule has 0 atom stereocenters. The van der Waals surface area contributed by atoms with Crippen molar-refractivity contribution in [2.75, 3.05) is 0 Å². The van der Waals surface area contributed by atoms with Gasteiger partial charge in [-0.1, -0.05) is 18.2 Å². The summed E-state index contributed by atoms with van der Waals surface area (Å²) in [6, 6.07) is 12.9. The highest BCUT2D eigenvalue weighted by Gasteiger charge is 2.05.